The van der Waals surface area contributed by atoms with E-state index < -0.39 is 17.7 Å². The first-order valence-electron chi connectivity index (χ1n) is 10.8. The fraction of sp³-hybridized carbons (Fsp3) is 0.280. The lowest BCUT2D eigenvalue weighted by molar-refractivity contribution is -0.137. The molecule has 0 radical (unpaired) electrons. The average Bonchev–Trinajstić information content (AvgIpc) is 2.81. The van der Waals surface area contributed by atoms with Crippen LogP contribution in [0.4, 0.5) is 30.4 Å². The van der Waals surface area contributed by atoms with Crippen LogP contribution in [0, 0.1) is 0 Å². The molecule has 0 aliphatic carbocycles. The number of nitrogens with zero attached hydrogens (tertiary/aromatic N) is 3. The minimum atomic E-state index is -4.36. The molecule has 1 aromatic heterocycles. The number of benzene rings is 2. The van der Waals surface area contributed by atoms with Gasteiger partial charge < -0.3 is 20.2 Å². The highest BCUT2D eigenvalue weighted by Crippen LogP contribution is 2.39. The Hall–Kier alpha value is -3.75. The number of hydrogen-bond donors (Lipinski definition) is 2. The largest absolute Gasteiger partial charge is 0.478 e. The Bertz CT molecular complexity index is 1160. The van der Waals surface area contributed by atoms with E-state index >= 15 is 0 Å². The number of likely N-dealkylation sites (N-methyl/N-ethyl adjacent to an activating group) is 1. The van der Waals surface area contributed by atoms with Gasteiger partial charge in [0.05, 0.1) is 22.9 Å². The minimum absolute atomic E-state index is 0.151. The van der Waals surface area contributed by atoms with Gasteiger partial charge in [-0.25, -0.2) is 9.78 Å². The Morgan fingerprint density at radius 2 is 1.76 bits per heavy atom. The number of nitrogens with one attached hydrogen (secondary N) is 1. The van der Waals surface area contributed by atoms with E-state index in [1.54, 1.807) is 30.5 Å². The summed E-state index contributed by atoms with van der Waals surface area (Å²) >= 11 is 0. The van der Waals surface area contributed by atoms with Crippen LogP contribution in [-0.4, -0.2) is 36.2 Å². The van der Waals surface area contributed by atoms with Gasteiger partial charge in [0.1, 0.15) is 5.69 Å². The summed E-state index contributed by atoms with van der Waals surface area (Å²) in [6.45, 7) is 3.86. The number of aromatic carboxylic acids is 1. The summed E-state index contributed by atoms with van der Waals surface area (Å²) in [5, 5.41) is 12.5. The summed E-state index contributed by atoms with van der Waals surface area (Å²) < 4.78 is 38.8. The van der Waals surface area contributed by atoms with Gasteiger partial charge in [-0.2, -0.15) is 13.2 Å². The number of halogens is 3. The number of alkyl halides is 3. The van der Waals surface area contributed by atoms with Crippen LogP contribution in [0.5, 0.6) is 0 Å². The normalized spacial score (nSPS) is 14.5. The van der Waals surface area contributed by atoms with Gasteiger partial charge in [0.15, 0.2) is 5.82 Å². The molecule has 0 bridgehead atoms. The summed E-state index contributed by atoms with van der Waals surface area (Å²) in [6, 6.07) is 13.7. The Morgan fingerprint density at radius 3 is 2.38 bits per heavy atom. The molecular weight excluding hydrogens is 445 g/mol. The number of hydrogen-bond acceptors (Lipinski definition) is 5. The summed E-state index contributed by atoms with van der Waals surface area (Å²) in [5.74, 6) is -0.321. The van der Waals surface area contributed by atoms with Gasteiger partial charge in [0.2, 0.25) is 0 Å². The second-order valence-electron chi connectivity index (χ2n) is 8.36. The lowest BCUT2D eigenvalue weighted by Crippen LogP contribution is -2.39. The molecule has 1 aliphatic heterocycles. The topological polar surface area (TPSA) is 68.7 Å². The van der Waals surface area contributed by atoms with Crippen molar-refractivity contribution in [1.29, 1.82) is 0 Å². The van der Waals surface area contributed by atoms with Crippen molar-refractivity contribution in [2.24, 2.45) is 0 Å². The third kappa shape index (κ3) is 4.93. The fourth-order valence-electron chi connectivity index (χ4n) is 4.05. The van der Waals surface area contributed by atoms with E-state index in [1.807, 2.05) is 20.0 Å². The highest BCUT2D eigenvalue weighted by Gasteiger charge is 2.30. The first-order chi connectivity index (χ1) is 16.1. The van der Waals surface area contributed by atoms with Crippen LogP contribution in [0.25, 0.3) is 0 Å². The summed E-state index contributed by atoms with van der Waals surface area (Å²) in [6.07, 6.45) is -2.64. The molecule has 1 aliphatic rings. The smallest absolute Gasteiger partial charge is 0.416 e. The van der Waals surface area contributed by atoms with Gasteiger partial charge in [0, 0.05) is 32.9 Å². The zero-order valence-electron chi connectivity index (χ0n) is 18.8. The van der Waals surface area contributed by atoms with E-state index in [2.05, 4.69) is 20.1 Å². The highest BCUT2D eigenvalue weighted by molar-refractivity contribution is 5.87. The zero-order chi connectivity index (χ0) is 24.5. The molecule has 2 heterocycles. The maximum Gasteiger partial charge on any atom is 0.416 e. The second-order valence-corrected chi connectivity index (χ2v) is 8.36. The van der Waals surface area contributed by atoms with Gasteiger partial charge in [-0.3, -0.25) is 0 Å². The Kier molecular flexibility index (Phi) is 6.37. The van der Waals surface area contributed by atoms with Crippen molar-refractivity contribution in [3.05, 3.63) is 83.0 Å². The number of fused-ring (bicyclic) bond motifs is 1. The predicted molar refractivity (Wildman–Crippen MR) is 125 cm³/mol. The van der Waals surface area contributed by atoms with Crippen molar-refractivity contribution >= 4 is 23.2 Å². The quantitative estimate of drug-likeness (QED) is 0.501. The predicted octanol–water partition coefficient (Wildman–Crippen LogP) is 5.43. The Balaban J connectivity index is 1.60. The molecule has 9 heteroatoms. The van der Waals surface area contributed by atoms with Crippen molar-refractivity contribution in [3.8, 4) is 0 Å². The SMILES string of the molecule is C[C@H](Nc1nccc2c1N(Cc1ccc(C(F)(F)F)cc1)CCN2C)c1ccc(C(=O)O)cc1. The molecule has 1 atom stereocenters. The van der Waals surface area contributed by atoms with Crippen molar-refractivity contribution in [2.75, 3.05) is 35.3 Å². The lowest BCUT2D eigenvalue weighted by Gasteiger charge is -2.38. The van der Waals surface area contributed by atoms with Gasteiger partial charge >= 0.3 is 12.1 Å². The van der Waals surface area contributed by atoms with Crippen molar-refractivity contribution in [3.63, 3.8) is 0 Å². The van der Waals surface area contributed by atoms with Gasteiger partial charge in [-0.1, -0.05) is 24.3 Å². The molecule has 178 valence electrons. The molecule has 2 aromatic carbocycles. The molecule has 2 N–H and O–H groups in total. The second kappa shape index (κ2) is 9.24. The molecule has 0 spiro atoms. The van der Waals surface area contributed by atoms with Gasteiger partial charge in [0.25, 0.3) is 0 Å². The molecule has 6 nitrogen and oxygen atoms in total. The van der Waals surface area contributed by atoms with Crippen LogP contribution in [0.15, 0.2) is 60.8 Å². The first kappa shape index (κ1) is 23.4. The number of carbonyl (C=O) groups is 1. The van der Waals surface area contributed by atoms with Crippen LogP contribution in [0.1, 0.15) is 40.0 Å². The summed E-state index contributed by atoms with van der Waals surface area (Å²) in [4.78, 5) is 19.9. The van der Waals surface area contributed by atoms with Gasteiger partial charge in [-0.15, -0.1) is 0 Å². The Morgan fingerprint density at radius 1 is 1.09 bits per heavy atom. The Labute approximate surface area is 195 Å². The third-order valence-electron chi connectivity index (χ3n) is 6.00. The fourth-order valence-corrected chi connectivity index (χ4v) is 4.05. The molecule has 0 amide bonds. The maximum absolute atomic E-state index is 12.9. The molecule has 0 unspecified atom stereocenters. The molecule has 34 heavy (non-hydrogen) atoms. The van der Waals surface area contributed by atoms with E-state index in [9.17, 15) is 18.0 Å². The van der Waals surface area contributed by atoms with Crippen molar-refractivity contribution < 1.29 is 23.1 Å². The van der Waals surface area contributed by atoms with Crippen LogP contribution in [-0.2, 0) is 12.7 Å². The standard InChI is InChI=1S/C25H25F3N4O2/c1-16(18-5-7-19(8-6-18)24(33)34)30-23-22-21(11-12-29-23)31(2)13-14-32(22)15-17-3-9-20(10-4-17)25(26,27)28/h3-12,16H,13-15H2,1-2H3,(H,29,30)(H,33,34)/t16-/m0/s1. The minimum Gasteiger partial charge on any atom is -0.478 e. The molecular formula is C25H25F3N4O2. The average molecular weight is 470 g/mol. The highest BCUT2D eigenvalue weighted by atomic mass is 19.4. The van der Waals surface area contributed by atoms with E-state index in [0.29, 0.717) is 18.9 Å². The molecule has 0 saturated carbocycles. The third-order valence-corrected chi connectivity index (χ3v) is 6.00. The molecule has 0 fully saturated rings. The van der Waals surface area contributed by atoms with Crippen molar-refractivity contribution in [1.82, 2.24) is 4.98 Å². The molecule has 4 rings (SSSR count). The molecule has 0 saturated heterocycles. The number of anilines is 3. The summed E-state index contributed by atoms with van der Waals surface area (Å²) in [5.41, 5.74) is 3.09. The summed E-state index contributed by atoms with van der Waals surface area (Å²) in [7, 11) is 1.99. The first-order valence-corrected chi connectivity index (χ1v) is 10.8. The van der Waals surface area contributed by atoms with E-state index in [0.717, 1.165) is 41.2 Å². The lowest BCUT2D eigenvalue weighted by atomic mass is 10.1. The van der Waals surface area contributed by atoms with Crippen LogP contribution >= 0.6 is 0 Å². The van der Waals surface area contributed by atoms with Gasteiger partial charge in [-0.05, 0) is 48.4 Å². The van der Waals surface area contributed by atoms with E-state index in [1.165, 1.54) is 12.1 Å². The number of aromatic nitrogens is 1. The molecule has 3 aromatic rings. The number of pyridine rings is 1. The van der Waals surface area contributed by atoms with Crippen LogP contribution < -0.4 is 15.1 Å². The zero-order valence-corrected chi connectivity index (χ0v) is 18.8. The van der Waals surface area contributed by atoms with E-state index in [-0.39, 0.29) is 11.6 Å². The van der Waals surface area contributed by atoms with Crippen molar-refractivity contribution in [2.45, 2.75) is 25.7 Å². The number of rotatable bonds is 6. The van der Waals surface area contributed by atoms with Crippen LogP contribution in [0.2, 0.25) is 0 Å². The monoisotopic (exact) mass is 470 g/mol. The van der Waals surface area contributed by atoms with Crippen LogP contribution in [0.3, 0.4) is 0 Å². The number of carboxylic acids is 1. The van der Waals surface area contributed by atoms with E-state index in [4.69, 9.17) is 5.11 Å². The number of carboxylic acid groups (broad SMARTS) is 1. The maximum atomic E-state index is 12.9.